The van der Waals surface area contributed by atoms with Gasteiger partial charge in [0, 0.05) is 30.3 Å². The third-order valence-corrected chi connectivity index (χ3v) is 3.46. The Balaban J connectivity index is 2.85. The molecule has 0 aromatic carbocycles. The number of halogens is 1. The number of aromatic nitrogens is 2. The second-order valence-electron chi connectivity index (χ2n) is 3.55. The molecule has 0 bridgehead atoms. The standard InChI is InChI=1S/C9H14BrN3/c1-9(2,7-10)13(3)8-11-5-4-6-12-8/h4-6H,7H2,1-3H3. The average molecular weight is 244 g/mol. The van der Waals surface area contributed by atoms with Gasteiger partial charge in [0.1, 0.15) is 0 Å². The summed E-state index contributed by atoms with van der Waals surface area (Å²) in [7, 11) is 2.00. The molecule has 0 aliphatic carbocycles. The molecule has 0 saturated heterocycles. The van der Waals surface area contributed by atoms with Crippen LogP contribution in [0.2, 0.25) is 0 Å². The summed E-state index contributed by atoms with van der Waals surface area (Å²) in [6, 6.07) is 1.82. The van der Waals surface area contributed by atoms with Crippen LogP contribution in [0.1, 0.15) is 13.8 Å². The molecule has 0 atom stereocenters. The molecule has 13 heavy (non-hydrogen) atoms. The molecule has 1 rings (SSSR count). The van der Waals surface area contributed by atoms with Crippen LogP contribution in [0, 0.1) is 0 Å². The van der Waals surface area contributed by atoms with Crippen molar-refractivity contribution in [2.75, 3.05) is 17.3 Å². The van der Waals surface area contributed by atoms with Crippen LogP contribution in [0.3, 0.4) is 0 Å². The molecule has 0 fully saturated rings. The van der Waals surface area contributed by atoms with Gasteiger partial charge in [-0.2, -0.15) is 0 Å². The average Bonchev–Trinajstić information content (AvgIpc) is 2.18. The molecule has 0 saturated carbocycles. The van der Waals surface area contributed by atoms with Gasteiger partial charge in [0.05, 0.1) is 0 Å². The minimum atomic E-state index is 0.0291. The Hall–Kier alpha value is -0.640. The lowest BCUT2D eigenvalue weighted by Gasteiger charge is -2.33. The third kappa shape index (κ3) is 2.40. The zero-order valence-corrected chi connectivity index (χ0v) is 9.74. The maximum Gasteiger partial charge on any atom is 0.225 e. The SMILES string of the molecule is CN(c1ncccn1)C(C)(C)CBr. The molecule has 0 amide bonds. The van der Waals surface area contributed by atoms with Crippen molar-refractivity contribution < 1.29 is 0 Å². The van der Waals surface area contributed by atoms with Gasteiger partial charge >= 0.3 is 0 Å². The van der Waals surface area contributed by atoms with Crippen LogP contribution in [-0.4, -0.2) is 27.9 Å². The molecule has 3 nitrogen and oxygen atoms in total. The summed E-state index contributed by atoms with van der Waals surface area (Å²) in [5, 5.41) is 0.884. The van der Waals surface area contributed by atoms with Gasteiger partial charge in [0.2, 0.25) is 5.95 Å². The molecule has 1 aromatic heterocycles. The van der Waals surface area contributed by atoms with Gasteiger partial charge in [-0.05, 0) is 19.9 Å². The first kappa shape index (κ1) is 10.4. The first-order chi connectivity index (χ1) is 6.08. The van der Waals surface area contributed by atoms with E-state index in [1.807, 2.05) is 13.1 Å². The summed E-state index contributed by atoms with van der Waals surface area (Å²) in [6.45, 7) is 4.27. The van der Waals surface area contributed by atoms with Crippen LogP contribution in [0.5, 0.6) is 0 Å². The van der Waals surface area contributed by atoms with Crippen molar-refractivity contribution in [1.82, 2.24) is 9.97 Å². The van der Waals surface area contributed by atoms with Gasteiger partial charge in [-0.15, -0.1) is 0 Å². The molecule has 0 aliphatic rings. The molecule has 1 heterocycles. The normalized spacial score (nSPS) is 11.4. The van der Waals surface area contributed by atoms with Gasteiger partial charge < -0.3 is 4.90 Å². The van der Waals surface area contributed by atoms with E-state index >= 15 is 0 Å². The fourth-order valence-corrected chi connectivity index (χ4v) is 1.20. The van der Waals surface area contributed by atoms with Gasteiger partial charge in [0.15, 0.2) is 0 Å². The predicted octanol–water partition coefficient (Wildman–Crippen LogP) is 2.09. The van der Waals surface area contributed by atoms with Crippen LogP contribution in [-0.2, 0) is 0 Å². The maximum absolute atomic E-state index is 4.19. The second kappa shape index (κ2) is 4.05. The summed E-state index contributed by atoms with van der Waals surface area (Å²) in [5.41, 5.74) is 0.0291. The highest BCUT2D eigenvalue weighted by Crippen LogP contribution is 2.19. The van der Waals surface area contributed by atoms with Crippen LogP contribution >= 0.6 is 15.9 Å². The number of rotatable bonds is 3. The van der Waals surface area contributed by atoms with Crippen molar-refractivity contribution in [1.29, 1.82) is 0 Å². The zero-order chi connectivity index (χ0) is 9.90. The highest BCUT2D eigenvalue weighted by molar-refractivity contribution is 9.09. The maximum atomic E-state index is 4.19. The minimum Gasteiger partial charge on any atom is -0.338 e. The molecule has 1 aromatic rings. The number of hydrogen-bond donors (Lipinski definition) is 0. The number of nitrogens with zero attached hydrogens (tertiary/aromatic N) is 3. The fourth-order valence-electron chi connectivity index (χ4n) is 0.825. The first-order valence-corrected chi connectivity index (χ1v) is 5.27. The Bertz CT molecular complexity index is 261. The number of alkyl halides is 1. The molecular weight excluding hydrogens is 230 g/mol. The van der Waals surface area contributed by atoms with E-state index < -0.39 is 0 Å². The second-order valence-corrected chi connectivity index (χ2v) is 4.11. The topological polar surface area (TPSA) is 29.0 Å². The van der Waals surface area contributed by atoms with Gasteiger partial charge in [-0.3, -0.25) is 0 Å². The highest BCUT2D eigenvalue weighted by Gasteiger charge is 2.23. The van der Waals surface area contributed by atoms with Crippen molar-refractivity contribution in [3.8, 4) is 0 Å². The molecular formula is C9H14BrN3. The van der Waals surface area contributed by atoms with E-state index in [1.54, 1.807) is 12.4 Å². The van der Waals surface area contributed by atoms with Crippen molar-refractivity contribution in [2.24, 2.45) is 0 Å². The minimum absolute atomic E-state index is 0.0291. The molecule has 0 spiro atoms. The van der Waals surface area contributed by atoms with Gasteiger partial charge in [-0.1, -0.05) is 15.9 Å². The van der Waals surface area contributed by atoms with Crippen LogP contribution in [0.4, 0.5) is 5.95 Å². The van der Waals surface area contributed by atoms with Crippen LogP contribution in [0.25, 0.3) is 0 Å². The summed E-state index contributed by atoms with van der Waals surface area (Å²) in [6.07, 6.45) is 3.51. The predicted molar refractivity (Wildman–Crippen MR) is 58.3 cm³/mol. The van der Waals surface area contributed by atoms with E-state index in [2.05, 4.69) is 44.6 Å². The fraction of sp³-hybridized carbons (Fsp3) is 0.556. The number of hydrogen-bond acceptors (Lipinski definition) is 3. The molecule has 72 valence electrons. The lowest BCUT2D eigenvalue weighted by Crippen LogP contribution is -2.43. The molecule has 0 N–H and O–H groups in total. The monoisotopic (exact) mass is 243 g/mol. The molecule has 0 aliphatic heterocycles. The van der Waals surface area contributed by atoms with E-state index in [-0.39, 0.29) is 5.54 Å². The lowest BCUT2D eigenvalue weighted by atomic mass is 10.1. The Kier molecular flexibility index (Phi) is 3.25. The van der Waals surface area contributed by atoms with E-state index in [0.29, 0.717) is 0 Å². The Morgan fingerprint density at radius 1 is 1.38 bits per heavy atom. The number of anilines is 1. The molecule has 0 radical (unpaired) electrons. The quantitative estimate of drug-likeness (QED) is 0.762. The van der Waals surface area contributed by atoms with Crippen molar-refractivity contribution in [2.45, 2.75) is 19.4 Å². The van der Waals surface area contributed by atoms with E-state index in [0.717, 1.165) is 11.3 Å². The summed E-state index contributed by atoms with van der Waals surface area (Å²) >= 11 is 3.47. The Labute approximate surface area is 87.3 Å². The van der Waals surface area contributed by atoms with Crippen molar-refractivity contribution in [3.05, 3.63) is 18.5 Å². The third-order valence-electron chi connectivity index (χ3n) is 2.09. The first-order valence-electron chi connectivity index (χ1n) is 4.15. The van der Waals surface area contributed by atoms with Gasteiger partial charge in [-0.25, -0.2) is 9.97 Å². The Morgan fingerprint density at radius 2 is 1.92 bits per heavy atom. The summed E-state index contributed by atoms with van der Waals surface area (Å²) < 4.78 is 0. The van der Waals surface area contributed by atoms with E-state index in [9.17, 15) is 0 Å². The summed E-state index contributed by atoms with van der Waals surface area (Å²) in [5.74, 6) is 0.756. The van der Waals surface area contributed by atoms with E-state index in [4.69, 9.17) is 0 Å². The molecule has 0 unspecified atom stereocenters. The molecule has 4 heteroatoms. The van der Waals surface area contributed by atoms with E-state index in [1.165, 1.54) is 0 Å². The van der Waals surface area contributed by atoms with Gasteiger partial charge in [0.25, 0.3) is 0 Å². The smallest absolute Gasteiger partial charge is 0.225 e. The Morgan fingerprint density at radius 3 is 2.38 bits per heavy atom. The lowest BCUT2D eigenvalue weighted by molar-refractivity contribution is 0.541. The zero-order valence-electron chi connectivity index (χ0n) is 8.16. The summed E-state index contributed by atoms with van der Waals surface area (Å²) in [4.78, 5) is 10.4. The van der Waals surface area contributed by atoms with Crippen molar-refractivity contribution in [3.63, 3.8) is 0 Å². The van der Waals surface area contributed by atoms with Crippen LogP contribution in [0.15, 0.2) is 18.5 Å². The highest BCUT2D eigenvalue weighted by atomic mass is 79.9. The van der Waals surface area contributed by atoms with Crippen LogP contribution < -0.4 is 4.90 Å². The largest absolute Gasteiger partial charge is 0.338 e. The van der Waals surface area contributed by atoms with Crippen molar-refractivity contribution >= 4 is 21.9 Å².